The van der Waals surface area contributed by atoms with Crippen LogP contribution in [0.4, 0.5) is 17.5 Å². The number of nitrogens with two attached hydrogens (primary N) is 4. The molecule has 2 amide bonds. The number of rotatable bonds is 7. The number of nitrogen functional groups attached to an aromatic ring is 2. The van der Waals surface area contributed by atoms with Crippen molar-refractivity contribution in [3.05, 3.63) is 36.2 Å². The van der Waals surface area contributed by atoms with E-state index in [4.69, 9.17) is 27.7 Å². The second-order valence-corrected chi connectivity index (χ2v) is 6.80. The van der Waals surface area contributed by atoms with Crippen LogP contribution in [0.25, 0.3) is 11.2 Å². The minimum atomic E-state index is -1.17. The van der Waals surface area contributed by atoms with E-state index in [2.05, 4.69) is 19.9 Å². The Morgan fingerprint density at radius 3 is 2.41 bits per heavy atom. The van der Waals surface area contributed by atoms with Gasteiger partial charge in [0.1, 0.15) is 11.8 Å². The normalized spacial score (nSPS) is 11.7. The van der Waals surface area contributed by atoms with Gasteiger partial charge in [-0.05, 0) is 24.3 Å². The third-order valence-electron chi connectivity index (χ3n) is 4.29. The highest BCUT2D eigenvalue weighted by Gasteiger charge is 2.19. The summed E-state index contributed by atoms with van der Waals surface area (Å²) in [6, 6.07) is 4.97. The van der Waals surface area contributed by atoms with E-state index in [1.165, 1.54) is 30.2 Å². The Labute approximate surface area is 181 Å². The number of primary amides is 1. The first-order valence-corrected chi connectivity index (χ1v) is 9.32. The van der Waals surface area contributed by atoms with Crippen molar-refractivity contribution in [1.29, 1.82) is 0 Å². The first kappa shape index (κ1) is 22.3. The first-order valence-electron chi connectivity index (χ1n) is 9.32. The maximum atomic E-state index is 12.2. The number of hydrogen-bond acceptors (Lipinski definition) is 11. The number of benzene rings is 1. The molecule has 32 heavy (non-hydrogen) atoms. The maximum Gasteiger partial charge on any atom is 0.328 e. The van der Waals surface area contributed by atoms with Crippen LogP contribution in [0.3, 0.4) is 0 Å². The number of carbonyl (C=O) groups is 3. The van der Waals surface area contributed by atoms with E-state index in [0.717, 1.165) is 0 Å². The van der Waals surface area contributed by atoms with Crippen LogP contribution in [0.15, 0.2) is 30.5 Å². The van der Waals surface area contributed by atoms with Crippen LogP contribution in [0.2, 0.25) is 0 Å². The van der Waals surface area contributed by atoms with Crippen molar-refractivity contribution in [2.24, 2.45) is 11.5 Å². The molecule has 0 spiro atoms. The van der Waals surface area contributed by atoms with E-state index in [1.807, 2.05) is 0 Å². The Kier molecular flexibility index (Phi) is 6.39. The lowest BCUT2D eigenvalue weighted by Gasteiger charge is -2.21. The van der Waals surface area contributed by atoms with Crippen LogP contribution in [0.1, 0.15) is 19.0 Å². The summed E-state index contributed by atoms with van der Waals surface area (Å²) in [6.45, 7) is 1.48. The third kappa shape index (κ3) is 5.20. The molecule has 3 rings (SSSR count). The molecule has 1 atom stereocenters. The van der Waals surface area contributed by atoms with Gasteiger partial charge in [-0.1, -0.05) is 0 Å². The minimum Gasteiger partial charge on any atom is -0.425 e. The van der Waals surface area contributed by atoms with E-state index in [1.54, 1.807) is 12.1 Å². The molecular formula is C19H21N9O4. The zero-order valence-electron chi connectivity index (χ0n) is 17.1. The molecule has 0 fully saturated rings. The zero-order valence-corrected chi connectivity index (χ0v) is 17.1. The molecule has 13 heteroatoms. The number of amides is 2. The molecule has 166 valence electrons. The average Bonchev–Trinajstić information content (AvgIpc) is 2.72. The van der Waals surface area contributed by atoms with Gasteiger partial charge in [0.15, 0.2) is 17.0 Å². The molecule has 1 unspecified atom stereocenters. The molecule has 0 bridgehead atoms. The van der Waals surface area contributed by atoms with Crippen molar-refractivity contribution in [3.8, 4) is 5.75 Å². The number of fused-ring (bicyclic) bond motifs is 1. The van der Waals surface area contributed by atoms with Gasteiger partial charge in [-0.15, -0.1) is 0 Å². The van der Waals surface area contributed by atoms with Crippen LogP contribution in [0, 0.1) is 0 Å². The lowest BCUT2D eigenvalue weighted by Crippen LogP contribution is -2.37. The fraction of sp³-hybridized carbons (Fsp3) is 0.211. The van der Waals surface area contributed by atoms with Crippen LogP contribution in [-0.4, -0.2) is 43.8 Å². The monoisotopic (exact) mass is 439 g/mol. The van der Waals surface area contributed by atoms with E-state index in [9.17, 15) is 14.4 Å². The van der Waals surface area contributed by atoms with Gasteiger partial charge in [-0.25, -0.2) is 14.8 Å². The quantitative estimate of drug-likeness (QED) is 0.265. The standard InChI is InChI=1S/C19H21N9O4/c1-9(29)28(8-10-7-24-17-15(25-10)16(22)26-19(23)27-17)11-2-4-12(5-3-11)32-18(31)13(20)6-14(21)30/h2-5,7,13H,6,8,20H2,1H3,(H2,21,30)(H4,22,23,24,26,27). The molecule has 1 aromatic carbocycles. The SMILES string of the molecule is CC(=O)N(Cc1cnc2nc(N)nc(N)c2n1)c1ccc(OC(=O)C(N)CC(N)=O)cc1. The van der Waals surface area contributed by atoms with E-state index in [-0.39, 0.29) is 47.6 Å². The number of aromatic nitrogens is 4. The number of carbonyl (C=O) groups excluding carboxylic acids is 3. The smallest absolute Gasteiger partial charge is 0.328 e. The van der Waals surface area contributed by atoms with Crippen molar-refractivity contribution in [1.82, 2.24) is 19.9 Å². The Hall–Kier alpha value is -4.39. The van der Waals surface area contributed by atoms with Gasteiger partial charge in [0.25, 0.3) is 0 Å². The van der Waals surface area contributed by atoms with Crippen LogP contribution >= 0.6 is 0 Å². The Morgan fingerprint density at radius 2 is 1.78 bits per heavy atom. The highest BCUT2D eigenvalue weighted by atomic mass is 16.5. The fourth-order valence-electron chi connectivity index (χ4n) is 2.79. The van der Waals surface area contributed by atoms with Gasteiger partial charge < -0.3 is 32.6 Å². The number of anilines is 3. The Bertz CT molecular complexity index is 1180. The van der Waals surface area contributed by atoms with Gasteiger partial charge in [-0.2, -0.15) is 9.97 Å². The molecule has 0 saturated carbocycles. The lowest BCUT2D eigenvalue weighted by molar-refractivity contribution is -0.137. The molecule has 2 heterocycles. The highest BCUT2D eigenvalue weighted by Crippen LogP contribution is 2.22. The summed E-state index contributed by atoms with van der Waals surface area (Å²) in [5.41, 5.74) is 23.5. The molecule has 0 aliphatic carbocycles. The zero-order chi connectivity index (χ0) is 23.4. The molecule has 13 nitrogen and oxygen atoms in total. The molecule has 0 aliphatic rings. The molecular weight excluding hydrogens is 418 g/mol. The second kappa shape index (κ2) is 9.18. The highest BCUT2D eigenvalue weighted by molar-refractivity contribution is 5.91. The van der Waals surface area contributed by atoms with Crippen LogP contribution < -0.4 is 32.6 Å². The lowest BCUT2D eigenvalue weighted by atomic mass is 10.2. The van der Waals surface area contributed by atoms with Crippen molar-refractivity contribution in [2.45, 2.75) is 25.9 Å². The van der Waals surface area contributed by atoms with Crippen molar-refractivity contribution >= 4 is 46.4 Å². The Balaban J connectivity index is 1.77. The summed E-state index contributed by atoms with van der Waals surface area (Å²) in [6.07, 6.45) is 1.13. The minimum absolute atomic E-state index is 0.0150. The molecule has 8 N–H and O–H groups in total. The topological polar surface area (TPSA) is 219 Å². The largest absolute Gasteiger partial charge is 0.425 e. The second-order valence-electron chi connectivity index (χ2n) is 6.80. The Morgan fingerprint density at radius 1 is 1.09 bits per heavy atom. The van der Waals surface area contributed by atoms with Crippen LogP contribution in [0.5, 0.6) is 5.75 Å². The first-order chi connectivity index (χ1) is 15.1. The summed E-state index contributed by atoms with van der Waals surface area (Å²) in [5, 5.41) is 0. The van der Waals surface area contributed by atoms with Gasteiger partial charge in [-0.3, -0.25) is 9.59 Å². The van der Waals surface area contributed by atoms with Gasteiger partial charge in [0, 0.05) is 12.6 Å². The van der Waals surface area contributed by atoms with E-state index in [0.29, 0.717) is 11.4 Å². The van der Waals surface area contributed by atoms with Gasteiger partial charge in [0.2, 0.25) is 17.8 Å². The maximum absolute atomic E-state index is 12.2. The summed E-state index contributed by atoms with van der Waals surface area (Å²) >= 11 is 0. The predicted molar refractivity (Wildman–Crippen MR) is 115 cm³/mol. The summed E-state index contributed by atoms with van der Waals surface area (Å²) in [7, 11) is 0. The molecule has 0 radical (unpaired) electrons. The number of esters is 1. The molecule has 3 aromatic rings. The summed E-state index contributed by atoms with van der Waals surface area (Å²) in [5.74, 6) is -1.52. The van der Waals surface area contributed by atoms with E-state index < -0.39 is 17.9 Å². The van der Waals surface area contributed by atoms with Crippen molar-refractivity contribution in [3.63, 3.8) is 0 Å². The molecule has 2 aromatic heterocycles. The molecule has 0 aliphatic heterocycles. The van der Waals surface area contributed by atoms with Gasteiger partial charge in [0.05, 0.1) is 24.9 Å². The molecule has 0 saturated heterocycles. The van der Waals surface area contributed by atoms with Crippen LogP contribution in [-0.2, 0) is 20.9 Å². The average molecular weight is 439 g/mol. The number of hydrogen-bond donors (Lipinski definition) is 4. The predicted octanol–water partition coefficient (Wildman–Crippen LogP) is -0.755. The fourth-order valence-corrected chi connectivity index (χ4v) is 2.79. The number of nitrogens with zero attached hydrogens (tertiary/aromatic N) is 5. The number of ether oxygens (including phenoxy) is 1. The van der Waals surface area contributed by atoms with Crippen molar-refractivity contribution < 1.29 is 19.1 Å². The van der Waals surface area contributed by atoms with Crippen molar-refractivity contribution in [2.75, 3.05) is 16.4 Å². The van der Waals surface area contributed by atoms with Gasteiger partial charge >= 0.3 is 5.97 Å². The third-order valence-corrected chi connectivity index (χ3v) is 4.29. The summed E-state index contributed by atoms with van der Waals surface area (Å²) in [4.78, 5) is 52.9. The van der Waals surface area contributed by atoms with E-state index >= 15 is 0 Å². The summed E-state index contributed by atoms with van der Waals surface area (Å²) < 4.78 is 5.13.